The second kappa shape index (κ2) is 14.2. The minimum absolute atomic E-state index is 0.694. The van der Waals surface area contributed by atoms with Crippen LogP contribution in [0.15, 0.2) is 249 Å². The molecule has 0 aliphatic heterocycles. The number of fused-ring (bicyclic) bond motifs is 10. The average Bonchev–Trinajstić information content (AvgIpc) is 4.06. The molecule has 0 saturated carbocycles. The highest BCUT2D eigenvalue weighted by atomic mass is 15.0. The Morgan fingerprint density at radius 2 is 0.846 bits per heavy atom. The van der Waals surface area contributed by atoms with Crippen molar-refractivity contribution in [3.05, 3.63) is 282 Å². The maximum absolute atomic E-state index is 4.76. The topological polar surface area (TPSA) is 9.86 Å². The zero-order valence-electron chi connectivity index (χ0n) is 36.1. The lowest BCUT2D eigenvalue weighted by atomic mass is 9.49. The molecule has 11 aromatic rings. The minimum Gasteiger partial charge on any atom is -0.310 e. The number of hydrogen-bond acceptors (Lipinski definition) is 0. The van der Waals surface area contributed by atoms with Gasteiger partial charge >= 0.3 is 0 Å². The first-order valence-corrected chi connectivity index (χ1v) is 22.6. The van der Waals surface area contributed by atoms with Crippen LogP contribution in [0.2, 0.25) is 0 Å². The van der Waals surface area contributed by atoms with Crippen LogP contribution in [0.1, 0.15) is 40.3 Å². The van der Waals surface area contributed by atoms with Crippen molar-refractivity contribution in [2.24, 2.45) is 0 Å². The molecule has 2 aliphatic carbocycles. The molecule has 306 valence electrons. The molecule has 2 heteroatoms. The van der Waals surface area contributed by atoms with Gasteiger partial charge in [-0.3, -0.25) is 0 Å². The van der Waals surface area contributed by atoms with Gasteiger partial charge in [0.15, 0.2) is 0 Å². The highest BCUT2D eigenvalue weighted by Crippen LogP contribution is 2.69. The largest absolute Gasteiger partial charge is 0.310 e. The smallest absolute Gasteiger partial charge is 0.0639 e. The van der Waals surface area contributed by atoms with E-state index in [2.05, 4.69) is 253 Å². The summed E-state index contributed by atoms with van der Waals surface area (Å²) in [5.74, 6) is 0. The molecule has 0 spiro atoms. The molecule has 65 heavy (non-hydrogen) atoms. The van der Waals surface area contributed by atoms with Gasteiger partial charge in [0, 0.05) is 32.9 Å². The molecule has 9 aromatic carbocycles. The predicted octanol–water partition coefficient (Wildman–Crippen LogP) is 15.7. The first-order chi connectivity index (χ1) is 32.1. The van der Waals surface area contributed by atoms with Crippen molar-refractivity contribution in [3.63, 3.8) is 0 Å². The summed E-state index contributed by atoms with van der Waals surface area (Å²) in [6.45, 7) is 7.16. The van der Waals surface area contributed by atoms with Gasteiger partial charge in [-0.05, 0) is 105 Å². The van der Waals surface area contributed by atoms with Gasteiger partial charge in [0.2, 0.25) is 0 Å². The fourth-order valence-electron chi connectivity index (χ4n) is 12.3. The Bertz CT molecular complexity index is 3700. The molecule has 0 saturated heterocycles. The quantitative estimate of drug-likeness (QED) is 0.142. The molecule has 2 nitrogen and oxygen atoms in total. The summed E-state index contributed by atoms with van der Waals surface area (Å²) in [4.78, 5) is 0. The zero-order chi connectivity index (χ0) is 43.3. The van der Waals surface area contributed by atoms with Crippen molar-refractivity contribution in [2.75, 3.05) is 0 Å². The lowest BCUT2D eigenvalue weighted by Crippen LogP contribution is -2.50. The third-order valence-corrected chi connectivity index (χ3v) is 14.7. The molecule has 2 unspecified atom stereocenters. The van der Waals surface area contributed by atoms with Crippen molar-refractivity contribution in [3.8, 4) is 16.8 Å². The van der Waals surface area contributed by atoms with E-state index in [1.54, 1.807) is 0 Å². The average molecular weight is 829 g/mol. The summed E-state index contributed by atoms with van der Waals surface area (Å²) >= 11 is 0. The SMILES string of the molecule is C=C(/C=C\C1=C(C)C(c2ccccc2)(C2(c3ccccc3)c3ccccc3-c3ccc(-n4c5ccccc5c5ccccc54)cc32)c2ccccc21)n1c2ccccc2c2ccccc21. The molecule has 13 rings (SSSR count). The van der Waals surface area contributed by atoms with Crippen LogP contribution in [0.25, 0.3) is 71.7 Å². The third-order valence-electron chi connectivity index (χ3n) is 14.7. The standard InChI is InChI=1S/C63H44N2/c1-42(64-58-33-17-11-27-51(58)52-28-12-18-34-59(52)64)37-39-47-43(2)62(44-21-5-3-6-22-44,55-31-15-9-25-48(47)55)63(45-23-7-4-8-24-45)56-32-16-10-26-49(56)50-40-38-46(41-57(50)63)65-60-35-19-13-29-53(60)54-30-14-20-36-61(54)65/h3-41H,1H2,2H3/b39-37-. The van der Waals surface area contributed by atoms with Crippen LogP contribution in [0.4, 0.5) is 0 Å². The van der Waals surface area contributed by atoms with Crippen LogP contribution in [0.3, 0.4) is 0 Å². The Morgan fingerprint density at radius 3 is 1.43 bits per heavy atom. The number of rotatable bonds is 7. The number of benzene rings is 9. The van der Waals surface area contributed by atoms with E-state index in [0.717, 1.165) is 22.4 Å². The molecule has 2 heterocycles. The second-order valence-electron chi connectivity index (χ2n) is 17.7. The van der Waals surface area contributed by atoms with Crippen LogP contribution < -0.4 is 0 Å². The Hall–Kier alpha value is -8.20. The first-order valence-electron chi connectivity index (χ1n) is 22.6. The van der Waals surface area contributed by atoms with E-state index in [1.807, 2.05) is 0 Å². The van der Waals surface area contributed by atoms with Gasteiger partial charge in [-0.25, -0.2) is 0 Å². The lowest BCUT2D eigenvalue weighted by molar-refractivity contribution is 0.427. The van der Waals surface area contributed by atoms with Crippen molar-refractivity contribution in [1.29, 1.82) is 0 Å². The molecule has 0 radical (unpaired) electrons. The Kier molecular flexibility index (Phi) is 8.14. The second-order valence-corrected chi connectivity index (χ2v) is 17.7. The van der Waals surface area contributed by atoms with Crippen molar-refractivity contribution < 1.29 is 0 Å². The predicted molar refractivity (Wildman–Crippen MR) is 273 cm³/mol. The maximum atomic E-state index is 4.76. The van der Waals surface area contributed by atoms with E-state index >= 15 is 0 Å². The lowest BCUT2D eigenvalue weighted by Gasteiger charge is -2.51. The summed E-state index contributed by atoms with van der Waals surface area (Å²) in [6.07, 6.45) is 4.58. The summed E-state index contributed by atoms with van der Waals surface area (Å²) in [5, 5.41) is 4.96. The Balaban J connectivity index is 1.14. The van der Waals surface area contributed by atoms with E-state index in [0.29, 0.717) is 0 Å². The Labute approximate surface area is 379 Å². The molecule has 2 aromatic heterocycles. The summed E-state index contributed by atoms with van der Waals surface area (Å²) in [5.41, 5.74) is 18.0. The van der Waals surface area contributed by atoms with Gasteiger partial charge in [-0.1, -0.05) is 201 Å². The number of allylic oxidation sites excluding steroid dienone is 5. The highest BCUT2D eigenvalue weighted by molar-refractivity contribution is 6.11. The van der Waals surface area contributed by atoms with Crippen LogP contribution in [-0.4, -0.2) is 9.13 Å². The number of hydrogen-bond donors (Lipinski definition) is 0. The number of nitrogens with zero attached hydrogens (tertiary/aromatic N) is 2. The molecular weight excluding hydrogens is 785 g/mol. The van der Waals surface area contributed by atoms with Crippen molar-refractivity contribution in [2.45, 2.75) is 17.8 Å². The van der Waals surface area contributed by atoms with Gasteiger partial charge in [0.05, 0.1) is 32.9 Å². The van der Waals surface area contributed by atoms with Gasteiger partial charge in [0.25, 0.3) is 0 Å². The van der Waals surface area contributed by atoms with E-state index in [1.165, 1.54) is 88.2 Å². The van der Waals surface area contributed by atoms with Crippen LogP contribution >= 0.6 is 0 Å². The molecular formula is C63H44N2. The fraction of sp³-hybridized carbons (Fsp3) is 0.0476. The van der Waals surface area contributed by atoms with Crippen LogP contribution in [-0.2, 0) is 10.8 Å². The number of para-hydroxylation sites is 4. The summed E-state index contributed by atoms with van der Waals surface area (Å²) < 4.78 is 4.78. The molecule has 2 aliphatic rings. The zero-order valence-corrected chi connectivity index (χ0v) is 36.1. The fourth-order valence-corrected chi connectivity index (χ4v) is 12.3. The molecule has 0 N–H and O–H groups in total. The Morgan fingerprint density at radius 1 is 0.415 bits per heavy atom. The van der Waals surface area contributed by atoms with Gasteiger partial charge in [-0.15, -0.1) is 0 Å². The highest BCUT2D eigenvalue weighted by Gasteiger charge is 2.63. The third kappa shape index (κ3) is 4.94. The van der Waals surface area contributed by atoms with E-state index in [-0.39, 0.29) is 0 Å². The minimum atomic E-state index is -0.712. The normalized spacial score (nSPS) is 17.7. The summed E-state index contributed by atoms with van der Waals surface area (Å²) in [6, 6.07) is 83.3. The van der Waals surface area contributed by atoms with Crippen LogP contribution in [0, 0.1) is 0 Å². The van der Waals surface area contributed by atoms with Crippen molar-refractivity contribution >= 4 is 54.9 Å². The van der Waals surface area contributed by atoms with Gasteiger partial charge < -0.3 is 9.13 Å². The van der Waals surface area contributed by atoms with Crippen LogP contribution in [0.5, 0.6) is 0 Å². The van der Waals surface area contributed by atoms with Gasteiger partial charge in [-0.2, -0.15) is 0 Å². The monoisotopic (exact) mass is 828 g/mol. The summed E-state index contributed by atoms with van der Waals surface area (Å²) in [7, 11) is 0. The molecule has 2 atom stereocenters. The molecule has 0 fully saturated rings. The maximum Gasteiger partial charge on any atom is 0.0639 e. The number of aromatic nitrogens is 2. The molecule has 0 bridgehead atoms. The van der Waals surface area contributed by atoms with Crippen molar-refractivity contribution in [1.82, 2.24) is 9.13 Å². The van der Waals surface area contributed by atoms with E-state index < -0.39 is 10.8 Å². The van der Waals surface area contributed by atoms with Gasteiger partial charge in [0.1, 0.15) is 0 Å². The first kappa shape index (κ1) is 37.4. The van der Waals surface area contributed by atoms with E-state index in [9.17, 15) is 0 Å². The van der Waals surface area contributed by atoms with E-state index in [4.69, 9.17) is 6.58 Å². The molecule has 0 amide bonds.